The van der Waals surface area contributed by atoms with Crippen molar-refractivity contribution in [3.8, 4) is 22.8 Å². The van der Waals surface area contributed by atoms with Crippen molar-refractivity contribution in [1.29, 1.82) is 0 Å². The molecule has 0 bridgehead atoms. The molecule has 8 nitrogen and oxygen atoms in total. The van der Waals surface area contributed by atoms with E-state index < -0.39 is 4.92 Å². The van der Waals surface area contributed by atoms with E-state index in [0.29, 0.717) is 22.3 Å². The first kappa shape index (κ1) is 18.3. The number of benzene rings is 2. The summed E-state index contributed by atoms with van der Waals surface area (Å²) in [6.45, 7) is -0.188. The fraction of sp³-hybridized carbons (Fsp3) is 0.111. The summed E-state index contributed by atoms with van der Waals surface area (Å²) in [6, 6.07) is 13.1. The largest absolute Gasteiger partial charge is 0.493 e. The highest BCUT2D eigenvalue weighted by Crippen LogP contribution is 2.27. The molecule has 138 valence electrons. The minimum Gasteiger partial charge on any atom is -0.493 e. The average molecular weight is 385 g/mol. The van der Waals surface area contributed by atoms with E-state index in [1.54, 1.807) is 41.8 Å². The Bertz CT molecular complexity index is 956. The van der Waals surface area contributed by atoms with Crippen molar-refractivity contribution in [3.63, 3.8) is 0 Å². The molecule has 3 aromatic rings. The fourth-order valence-electron chi connectivity index (χ4n) is 2.25. The number of thiazole rings is 1. The van der Waals surface area contributed by atoms with Crippen molar-refractivity contribution in [2.24, 2.45) is 0 Å². The van der Waals surface area contributed by atoms with Crippen molar-refractivity contribution < 1.29 is 19.2 Å². The SMILES string of the molecule is COc1ccccc1OCC(=O)Nc1nc(-c2ccc([N+](=O)[O-])cc2)cs1. The van der Waals surface area contributed by atoms with Crippen LogP contribution in [0.25, 0.3) is 11.3 Å². The van der Waals surface area contributed by atoms with Crippen LogP contribution in [0, 0.1) is 10.1 Å². The fourth-order valence-corrected chi connectivity index (χ4v) is 2.99. The zero-order valence-electron chi connectivity index (χ0n) is 14.2. The first-order chi connectivity index (χ1) is 13.1. The molecule has 0 unspecified atom stereocenters. The van der Waals surface area contributed by atoms with Crippen molar-refractivity contribution in [1.82, 2.24) is 4.98 Å². The lowest BCUT2D eigenvalue weighted by Crippen LogP contribution is -2.20. The van der Waals surface area contributed by atoms with Crippen LogP contribution in [0.5, 0.6) is 11.5 Å². The third-order valence-electron chi connectivity index (χ3n) is 3.55. The van der Waals surface area contributed by atoms with Crippen molar-refractivity contribution in [3.05, 3.63) is 64.0 Å². The number of nitro groups is 1. The van der Waals surface area contributed by atoms with E-state index in [4.69, 9.17) is 9.47 Å². The molecule has 1 aromatic heterocycles. The maximum atomic E-state index is 12.1. The summed E-state index contributed by atoms with van der Waals surface area (Å²) in [5.74, 6) is 0.659. The Morgan fingerprint density at radius 3 is 2.56 bits per heavy atom. The number of aromatic nitrogens is 1. The number of nitrogens with zero attached hydrogens (tertiary/aromatic N) is 2. The van der Waals surface area contributed by atoms with E-state index in [1.165, 1.54) is 30.6 Å². The second-order valence-electron chi connectivity index (χ2n) is 5.33. The second kappa shape index (κ2) is 8.28. The first-order valence-corrected chi connectivity index (χ1v) is 8.71. The van der Waals surface area contributed by atoms with Crippen molar-refractivity contribution >= 4 is 28.1 Å². The van der Waals surface area contributed by atoms with E-state index in [9.17, 15) is 14.9 Å². The van der Waals surface area contributed by atoms with Gasteiger partial charge in [-0.05, 0) is 24.3 Å². The molecule has 27 heavy (non-hydrogen) atoms. The normalized spacial score (nSPS) is 10.3. The molecule has 0 saturated carbocycles. The number of methoxy groups -OCH3 is 1. The van der Waals surface area contributed by atoms with Gasteiger partial charge in [-0.25, -0.2) is 4.98 Å². The van der Waals surface area contributed by atoms with Gasteiger partial charge in [0.25, 0.3) is 11.6 Å². The number of hydrogen-bond acceptors (Lipinski definition) is 7. The number of para-hydroxylation sites is 2. The number of nitro benzene ring substituents is 1. The molecule has 9 heteroatoms. The topological polar surface area (TPSA) is 104 Å². The maximum Gasteiger partial charge on any atom is 0.269 e. The number of nitrogens with one attached hydrogen (secondary N) is 1. The molecule has 0 aliphatic rings. The van der Waals surface area contributed by atoms with Gasteiger partial charge in [-0.3, -0.25) is 20.2 Å². The lowest BCUT2D eigenvalue weighted by Gasteiger charge is -2.09. The van der Waals surface area contributed by atoms with Crippen LogP contribution in [-0.4, -0.2) is 29.5 Å². The highest BCUT2D eigenvalue weighted by atomic mass is 32.1. The molecule has 0 aliphatic carbocycles. The molecule has 0 spiro atoms. The van der Waals surface area contributed by atoms with Crippen LogP contribution in [0.3, 0.4) is 0 Å². The van der Waals surface area contributed by atoms with Gasteiger partial charge in [0.15, 0.2) is 23.2 Å². The zero-order valence-corrected chi connectivity index (χ0v) is 15.1. The molecular formula is C18H15N3O5S. The van der Waals surface area contributed by atoms with Crippen molar-refractivity contribution in [2.45, 2.75) is 0 Å². The predicted octanol–water partition coefficient (Wildman–Crippen LogP) is 3.74. The molecular weight excluding hydrogens is 370 g/mol. The molecule has 1 N–H and O–H groups in total. The lowest BCUT2D eigenvalue weighted by molar-refractivity contribution is -0.384. The molecule has 0 saturated heterocycles. The third kappa shape index (κ3) is 4.59. The Labute approximate surface area is 158 Å². The summed E-state index contributed by atoms with van der Waals surface area (Å²) in [7, 11) is 1.53. The molecule has 0 radical (unpaired) electrons. The zero-order chi connectivity index (χ0) is 19.2. The Morgan fingerprint density at radius 1 is 1.19 bits per heavy atom. The van der Waals surface area contributed by atoms with Crippen LogP contribution in [0.1, 0.15) is 0 Å². The molecule has 2 aromatic carbocycles. The first-order valence-electron chi connectivity index (χ1n) is 7.83. The van der Waals surface area contributed by atoms with Gasteiger partial charge < -0.3 is 9.47 Å². The minimum atomic E-state index is -0.460. The summed E-state index contributed by atoms with van der Waals surface area (Å²) in [5, 5.41) is 15.5. The van der Waals surface area contributed by atoms with E-state index in [0.717, 1.165) is 5.56 Å². The van der Waals surface area contributed by atoms with Crippen LogP contribution in [0.15, 0.2) is 53.9 Å². The van der Waals surface area contributed by atoms with Gasteiger partial charge >= 0.3 is 0 Å². The molecule has 0 fully saturated rings. The monoisotopic (exact) mass is 385 g/mol. The van der Waals surface area contributed by atoms with Crippen LogP contribution in [-0.2, 0) is 4.79 Å². The Balaban J connectivity index is 1.60. The third-order valence-corrected chi connectivity index (χ3v) is 4.31. The quantitative estimate of drug-likeness (QED) is 0.491. The van der Waals surface area contributed by atoms with E-state index >= 15 is 0 Å². The predicted molar refractivity (Wildman–Crippen MR) is 101 cm³/mol. The van der Waals surface area contributed by atoms with Crippen LogP contribution in [0.2, 0.25) is 0 Å². The highest BCUT2D eigenvalue weighted by Gasteiger charge is 2.11. The van der Waals surface area contributed by atoms with E-state index in [1.807, 2.05) is 0 Å². The number of ether oxygens (including phenoxy) is 2. The van der Waals surface area contributed by atoms with Gasteiger partial charge in [0.2, 0.25) is 0 Å². The van der Waals surface area contributed by atoms with Gasteiger partial charge in [-0.15, -0.1) is 11.3 Å². The Hall–Kier alpha value is -3.46. The molecule has 3 rings (SSSR count). The molecule has 0 aliphatic heterocycles. The van der Waals surface area contributed by atoms with E-state index in [2.05, 4.69) is 10.3 Å². The number of carbonyl (C=O) groups excluding carboxylic acids is 1. The number of amides is 1. The van der Waals surface area contributed by atoms with Crippen molar-refractivity contribution in [2.75, 3.05) is 19.0 Å². The summed E-state index contributed by atoms with van der Waals surface area (Å²) >= 11 is 1.26. The highest BCUT2D eigenvalue weighted by molar-refractivity contribution is 7.14. The van der Waals surface area contributed by atoms with Crippen LogP contribution >= 0.6 is 11.3 Å². The number of anilines is 1. The standard InChI is InChI=1S/C18H15N3O5S/c1-25-15-4-2-3-5-16(15)26-10-17(22)20-18-19-14(11-27-18)12-6-8-13(9-7-12)21(23)24/h2-9,11H,10H2,1H3,(H,19,20,22). The second-order valence-corrected chi connectivity index (χ2v) is 6.19. The maximum absolute atomic E-state index is 12.1. The van der Waals surface area contributed by atoms with Crippen LogP contribution in [0.4, 0.5) is 10.8 Å². The van der Waals surface area contributed by atoms with Gasteiger partial charge in [0, 0.05) is 23.1 Å². The van der Waals surface area contributed by atoms with Gasteiger partial charge in [0.05, 0.1) is 17.7 Å². The van der Waals surface area contributed by atoms with Gasteiger partial charge in [-0.1, -0.05) is 12.1 Å². The Morgan fingerprint density at radius 2 is 1.89 bits per heavy atom. The minimum absolute atomic E-state index is 0.0102. The summed E-state index contributed by atoms with van der Waals surface area (Å²) in [4.78, 5) is 26.6. The number of rotatable bonds is 7. The van der Waals surface area contributed by atoms with Gasteiger partial charge in [-0.2, -0.15) is 0 Å². The number of carbonyl (C=O) groups is 1. The number of non-ortho nitro benzene ring substituents is 1. The summed E-state index contributed by atoms with van der Waals surface area (Å²) in [6.07, 6.45) is 0. The smallest absolute Gasteiger partial charge is 0.269 e. The summed E-state index contributed by atoms with van der Waals surface area (Å²) < 4.78 is 10.6. The lowest BCUT2D eigenvalue weighted by atomic mass is 10.1. The average Bonchev–Trinajstić information content (AvgIpc) is 3.15. The Kier molecular flexibility index (Phi) is 5.62. The van der Waals surface area contributed by atoms with Gasteiger partial charge in [0.1, 0.15) is 0 Å². The molecule has 1 heterocycles. The summed E-state index contributed by atoms with van der Waals surface area (Å²) in [5.41, 5.74) is 1.36. The van der Waals surface area contributed by atoms with Crippen LogP contribution < -0.4 is 14.8 Å². The molecule has 0 atom stereocenters. The molecule has 1 amide bonds. The van der Waals surface area contributed by atoms with E-state index in [-0.39, 0.29) is 18.2 Å². The number of hydrogen-bond donors (Lipinski definition) is 1.